The molecule has 3 aliphatic rings. The molecule has 2 aliphatic carbocycles. The molecule has 1 saturated heterocycles. The number of amides is 2. The van der Waals surface area contributed by atoms with Crippen LogP contribution in [0, 0.1) is 17.8 Å². The van der Waals surface area contributed by atoms with Crippen LogP contribution in [0.3, 0.4) is 0 Å². The quantitative estimate of drug-likeness (QED) is 0.854. The zero-order valence-electron chi connectivity index (χ0n) is 13.0. The first-order valence-corrected chi connectivity index (χ1v) is 7.97. The van der Waals surface area contributed by atoms with Crippen LogP contribution in [0.5, 0.6) is 0 Å². The number of hydrogen-bond donors (Lipinski definition) is 1. The molecular weight excluding hydrogens is 252 g/mol. The number of nitrogens with zero attached hydrogens (tertiary/aromatic N) is 1. The normalized spacial score (nSPS) is 30.1. The van der Waals surface area contributed by atoms with Crippen molar-refractivity contribution in [1.29, 1.82) is 0 Å². The molecule has 1 N–H and O–H groups in total. The van der Waals surface area contributed by atoms with Crippen LogP contribution in [-0.2, 0) is 9.59 Å². The van der Waals surface area contributed by atoms with Gasteiger partial charge in [-0.1, -0.05) is 13.8 Å². The summed E-state index contributed by atoms with van der Waals surface area (Å²) in [5, 5.41) is 2.91. The van der Waals surface area contributed by atoms with Gasteiger partial charge in [0, 0.05) is 6.04 Å². The van der Waals surface area contributed by atoms with Gasteiger partial charge in [-0.25, -0.2) is 0 Å². The van der Waals surface area contributed by atoms with E-state index in [1.807, 2.05) is 32.6 Å². The Hall–Kier alpha value is -1.06. The minimum Gasteiger partial charge on any atom is -0.340 e. The van der Waals surface area contributed by atoms with Crippen molar-refractivity contribution in [2.24, 2.45) is 17.8 Å². The van der Waals surface area contributed by atoms with Crippen molar-refractivity contribution in [3.63, 3.8) is 0 Å². The number of nitrogens with one attached hydrogen (secondary N) is 1. The van der Waals surface area contributed by atoms with Crippen LogP contribution in [-0.4, -0.2) is 34.3 Å². The molecule has 2 saturated carbocycles. The molecule has 3 rings (SSSR count). The first-order valence-electron chi connectivity index (χ1n) is 7.97. The van der Waals surface area contributed by atoms with Gasteiger partial charge < -0.3 is 10.2 Å². The van der Waals surface area contributed by atoms with Crippen molar-refractivity contribution in [2.75, 3.05) is 0 Å². The Morgan fingerprint density at radius 2 is 1.60 bits per heavy atom. The topological polar surface area (TPSA) is 49.4 Å². The second kappa shape index (κ2) is 4.47. The van der Waals surface area contributed by atoms with Crippen LogP contribution in [0.25, 0.3) is 0 Å². The second-order valence-electron chi connectivity index (χ2n) is 7.68. The van der Waals surface area contributed by atoms with Crippen molar-refractivity contribution in [3.8, 4) is 0 Å². The fourth-order valence-electron chi connectivity index (χ4n) is 3.67. The first-order chi connectivity index (χ1) is 9.33. The SMILES string of the molecule is CC(C)C1C(=O)NC(C)(C)C(=O)N1C(C1CC1)C1CC1. The van der Waals surface area contributed by atoms with E-state index in [0.717, 1.165) is 0 Å². The van der Waals surface area contributed by atoms with Crippen molar-refractivity contribution < 1.29 is 9.59 Å². The fourth-order valence-corrected chi connectivity index (χ4v) is 3.67. The minimum absolute atomic E-state index is 0.0240. The number of hydrogen-bond acceptors (Lipinski definition) is 2. The predicted molar refractivity (Wildman–Crippen MR) is 76.9 cm³/mol. The Balaban J connectivity index is 1.96. The van der Waals surface area contributed by atoms with Crippen molar-refractivity contribution in [1.82, 2.24) is 10.2 Å². The molecule has 0 bridgehead atoms. The third-order valence-electron chi connectivity index (χ3n) is 4.94. The number of piperazine rings is 1. The van der Waals surface area contributed by atoms with E-state index in [4.69, 9.17) is 0 Å². The number of carbonyl (C=O) groups is 2. The lowest BCUT2D eigenvalue weighted by Gasteiger charge is -2.48. The average Bonchev–Trinajstić information content (AvgIpc) is 3.18. The largest absolute Gasteiger partial charge is 0.340 e. The summed E-state index contributed by atoms with van der Waals surface area (Å²) in [6.07, 6.45) is 4.88. The summed E-state index contributed by atoms with van der Waals surface area (Å²) >= 11 is 0. The van der Waals surface area contributed by atoms with Crippen LogP contribution in [0.1, 0.15) is 53.4 Å². The molecule has 4 heteroatoms. The molecule has 0 aromatic carbocycles. The number of rotatable bonds is 4. The average molecular weight is 278 g/mol. The molecule has 2 amide bonds. The summed E-state index contributed by atoms with van der Waals surface area (Å²) in [5.74, 6) is 1.56. The highest BCUT2D eigenvalue weighted by molar-refractivity contribution is 5.99. The molecule has 20 heavy (non-hydrogen) atoms. The molecule has 1 unspecified atom stereocenters. The summed E-state index contributed by atoms with van der Waals surface area (Å²) in [6, 6.07) is 0.0157. The zero-order valence-corrected chi connectivity index (χ0v) is 13.0. The second-order valence-corrected chi connectivity index (χ2v) is 7.68. The fraction of sp³-hybridized carbons (Fsp3) is 0.875. The summed E-state index contributed by atoms with van der Waals surface area (Å²) in [6.45, 7) is 7.74. The lowest BCUT2D eigenvalue weighted by Crippen LogP contribution is -2.71. The van der Waals surface area contributed by atoms with Crippen molar-refractivity contribution in [3.05, 3.63) is 0 Å². The maximum Gasteiger partial charge on any atom is 0.248 e. The van der Waals surface area contributed by atoms with E-state index < -0.39 is 5.54 Å². The highest BCUT2D eigenvalue weighted by atomic mass is 16.2. The Kier molecular flexibility index (Phi) is 3.11. The van der Waals surface area contributed by atoms with Crippen LogP contribution in [0.4, 0.5) is 0 Å². The van der Waals surface area contributed by atoms with Crippen LogP contribution in [0.15, 0.2) is 0 Å². The summed E-state index contributed by atoms with van der Waals surface area (Å²) < 4.78 is 0. The van der Waals surface area contributed by atoms with E-state index in [-0.39, 0.29) is 23.8 Å². The smallest absolute Gasteiger partial charge is 0.248 e. The lowest BCUT2D eigenvalue weighted by molar-refractivity contribution is -0.159. The van der Waals surface area contributed by atoms with E-state index in [9.17, 15) is 9.59 Å². The molecular formula is C16H26N2O2. The highest BCUT2D eigenvalue weighted by Gasteiger charge is 2.55. The summed E-state index contributed by atoms with van der Waals surface area (Å²) in [4.78, 5) is 27.4. The molecule has 0 aromatic rings. The van der Waals surface area contributed by atoms with Crippen LogP contribution in [0.2, 0.25) is 0 Å². The van der Waals surface area contributed by atoms with E-state index in [0.29, 0.717) is 17.9 Å². The highest BCUT2D eigenvalue weighted by Crippen LogP contribution is 2.49. The van der Waals surface area contributed by atoms with Crippen LogP contribution >= 0.6 is 0 Å². The van der Waals surface area contributed by atoms with Crippen molar-refractivity contribution in [2.45, 2.75) is 71.0 Å². The third-order valence-corrected chi connectivity index (χ3v) is 4.94. The first kappa shape index (κ1) is 13.9. The molecule has 0 spiro atoms. The molecule has 1 atom stereocenters. The van der Waals surface area contributed by atoms with Crippen LogP contribution < -0.4 is 5.32 Å². The van der Waals surface area contributed by atoms with Gasteiger partial charge in [-0.3, -0.25) is 9.59 Å². The summed E-state index contributed by atoms with van der Waals surface area (Å²) in [7, 11) is 0. The van der Waals surface area contributed by atoms with Gasteiger partial charge in [0.2, 0.25) is 11.8 Å². The molecule has 112 valence electrons. The molecule has 0 radical (unpaired) electrons. The molecule has 3 fully saturated rings. The van der Waals surface area contributed by atoms with Gasteiger partial charge in [-0.15, -0.1) is 0 Å². The molecule has 1 aliphatic heterocycles. The third kappa shape index (κ3) is 2.23. The Morgan fingerprint density at radius 3 is 2.00 bits per heavy atom. The predicted octanol–water partition coefficient (Wildman–Crippen LogP) is 1.94. The van der Waals surface area contributed by atoms with Gasteiger partial charge in [0.1, 0.15) is 11.6 Å². The van der Waals surface area contributed by atoms with Gasteiger partial charge >= 0.3 is 0 Å². The Morgan fingerprint density at radius 1 is 1.10 bits per heavy atom. The van der Waals surface area contributed by atoms with E-state index in [1.165, 1.54) is 25.7 Å². The molecule has 0 aromatic heterocycles. The summed E-state index contributed by atoms with van der Waals surface area (Å²) in [5.41, 5.74) is -0.759. The lowest BCUT2D eigenvalue weighted by atomic mass is 9.88. The van der Waals surface area contributed by atoms with Gasteiger partial charge in [0.25, 0.3) is 0 Å². The van der Waals surface area contributed by atoms with Gasteiger partial charge in [-0.2, -0.15) is 0 Å². The maximum atomic E-state index is 12.9. The van der Waals surface area contributed by atoms with E-state index in [2.05, 4.69) is 5.32 Å². The molecule has 4 nitrogen and oxygen atoms in total. The Labute approximate surface area is 121 Å². The maximum absolute atomic E-state index is 12.9. The standard InChI is InChI=1S/C16H26N2O2/c1-9(2)12-14(19)17-16(3,4)15(20)18(12)13(10-5-6-10)11-7-8-11/h9-13H,5-8H2,1-4H3,(H,17,19). The van der Waals surface area contributed by atoms with E-state index in [1.54, 1.807) is 0 Å². The van der Waals surface area contributed by atoms with Crippen molar-refractivity contribution >= 4 is 11.8 Å². The zero-order chi connectivity index (χ0) is 14.7. The van der Waals surface area contributed by atoms with E-state index >= 15 is 0 Å². The van der Waals surface area contributed by atoms with Gasteiger partial charge in [0.15, 0.2) is 0 Å². The Bertz CT molecular complexity index is 424. The molecule has 1 heterocycles. The van der Waals surface area contributed by atoms with Gasteiger partial charge in [0.05, 0.1) is 0 Å². The van der Waals surface area contributed by atoms with Gasteiger partial charge in [-0.05, 0) is 57.3 Å². The minimum atomic E-state index is -0.759. The monoisotopic (exact) mass is 278 g/mol. The number of carbonyl (C=O) groups excluding carboxylic acids is 2.